The normalized spacial score (nSPS) is 16.2. The molecule has 2 rings (SSSR count). The van der Waals surface area contributed by atoms with Crippen molar-refractivity contribution in [2.24, 2.45) is 0 Å². The van der Waals surface area contributed by atoms with Crippen molar-refractivity contribution in [3.05, 3.63) is 17.6 Å². The fraction of sp³-hybridized carbons (Fsp3) is 0.733. The number of hydrogen-bond donors (Lipinski definition) is 1. The molecule has 1 heterocycles. The van der Waals surface area contributed by atoms with Crippen LogP contribution in [-0.4, -0.2) is 42.1 Å². The van der Waals surface area contributed by atoms with Crippen LogP contribution < -0.4 is 5.32 Å². The SMILES string of the molecule is CCNc1cc(C2CCCC2)nc(CCN(C)C)n1. The van der Waals surface area contributed by atoms with Gasteiger partial charge in [-0.25, -0.2) is 9.97 Å². The van der Waals surface area contributed by atoms with Crippen molar-refractivity contribution in [1.82, 2.24) is 14.9 Å². The lowest BCUT2D eigenvalue weighted by atomic mass is 10.0. The highest BCUT2D eigenvalue weighted by atomic mass is 15.1. The first-order valence-electron chi connectivity index (χ1n) is 7.45. The van der Waals surface area contributed by atoms with E-state index in [9.17, 15) is 0 Å². The minimum absolute atomic E-state index is 0.651. The second-order valence-corrected chi connectivity index (χ2v) is 5.66. The predicted octanol–water partition coefficient (Wildman–Crippen LogP) is 2.67. The summed E-state index contributed by atoms with van der Waals surface area (Å²) in [6.07, 6.45) is 6.19. The van der Waals surface area contributed by atoms with Gasteiger partial charge in [0.05, 0.1) is 0 Å². The third-order valence-corrected chi connectivity index (χ3v) is 3.71. The molecule has 0 spiro atoms. The number of hydrogen-bond acceptors (Lipinski definition) is 4. The Kier molecular flexibility index (Phi) is 5.14. The van der Waals surface area contributed by atoms with E-state index in [1.54, 1.807) is 0 Å². The van der Waals surface area contributed by atoms with Gasteiger partial charge >= 0.3 is 0 Å². The number of anilines is 1. The van der Waals surface area contributed by atoms with E-state index in [-0.39, 0.29) is 0 Å². The Hall–Kier alpha value is -1.16. The van der Waals surface area contributed by atoms with Gasteiger partial charge in [-0.15, -0.1) is 0 Å². The first kappa shape index (κ1) is 14.3. The molecule has 0 atom stereocenters. The molecule has 0 bridgehead atoms. The van der Waals surface area contributed by atoms with Crippen LogP contribution in [0.1, 0.15) is 50.0 Å². The van der Waals surface area contributed by atoms with Crippen LogP contribution in [0.15, 0.2) is 6.07 Å². The van der Waals surface area contributed by atoms with Gasteiger partial charge in [0.15, 0.2) is 0 Å². The Morgan fingerprint density at radius 1 is 1.26 bits per heavy atom. The molecule has 0 saturated heterocycles. The van der Waals surface area contributed by atoms with E-state index in [4.69, 9.17) is 4.98 Å². The van der Waals surface area contributed by atoms with E-state index in [0.29, 0.717) is 5.92 Å². The van der Waals surface area contributed by atoms with Gasteiger partial charge in [-0.2, -0.15) is 0 Å². The van der Waals surface area contributed by atoms with Crippen LogP contribution in [0.5, 0.6) is 0 Å². The van der Waals surface area contributed by atoms with Crippen molar-refractivity contribution >= 4 is 5.82 Å². The fourth-order valence-corrected chi connectivity index (χ4v) is 2.66. The molecule has 1 aromatic rings. The van der Waals surface area contributed by atoms with Gasteiger partial charge in [0.2, 0.25) is 0 Å². The van der Waals surface area contributed by atoms with E-state index >= 15 is 0 Å². The molecule has 0 aliphatic heterocycles. The van der Waals surface area contributed by atoms with Crippen molar-refractivity contribution in [1.29, 1.82) is 0 Å². The summed E-state index contributed by atoms with van der Waals surface area (Å²) in [4.78, 5) is 11.6. The largest absolute Gasteiger partial charge is 0.370 e. The van der Waals surface area contributed by atoms with E-state index in [2.05, 4.69) is 42.3 Å². The number of rotatable bonds is 6. The average Bonchev–Trinajstić information content (AvgIpc) is 2.90. The van der Waals surface area contributed by atoms with E-state index < -0.39 is 0 Å². The second-order valence-electron chi connectivity index (χ2n) is 5.66. The van der Waals surface area contributed by atoms with Gasteiger partial charge in [0.1, 0.15) is 11.6 Å². The van der Waals surface area contributed by atoms with Crippen molar-refractivity contribution in [2.45, 2.75) is 44.9 Å². The molecule has 1 fully saturated rings. The van der Waals surface area contributed by atoms with Crippen molar-refractivity contribution < 1.29 is 0 Å². The molecule has 0 unspecified atom stereocenters. The number of likely N-dealkylation sites (N-methyl/N-ethyl adjacent to an activating group) is 1. The minimum atomic E-state index is 0.651. The highest BCUT2D eigenvalue weighted by Gasteiger charge is 2.19. The van der Waals surface area contributed by atoms with Gasteiger partial charge in [-0.1, -0.05) is 12.8 Å². The molecular weight excluding hydrogens is 236 g/mol. The summed E-state index contributed by atoms with van der Waals surface area (Å²) in [6, 6.07) is 2.15. The van der Waals surface area contributed by atoms with Crippen LogP contribution in [0.4, 0.5) is 5.82 Å². The monoisotopic (exact) mass is 262 g/mol. The van der Waals surface area contributed by atoms with Gasteiger partial charge in [0, 0.05) is 37.2 Å². The lowest BCUT2D eigenvalue weighted by Gasteiger charge is -2.14. The summed E-state index contributed by atoms with van der Waals surface area (Å²) >= 11 is 0. The van der Waals surface area contributed by atoms with Crippen LogP contribution in [0.2, 0.25) is 0 Å². The zero-order valence-corrected chi connectivity index (χ0v) is 12.4. The first-order valence-corrected chi connectivity index (χ1v) is 7.45. The van der Waals surface area contributed by atoms with Gasteiger partial charge in [-0.05, 0) is 33.9 Å². The van der Waals surface area contributed by atoms with Crippen molar-refractivity contribution in [3.63, 3.8) is 0 Å². The highest BCUT2D eigenvalue weighted by Crippen LogP contribution is 2.33. The molecule has 1 aromatic heterocycles. The lowest BCUT2D eigenvalue weighted by Crippen LogP contribution is -2.17. The molecule has 0 aromatic carbocycles. The summed E-state index contributed by atoms with van der Waals surface area (Å²) in [7, 11) is 4.18. The van der Waals surface area contributed by atoms with E-state index in [1.807, 2.05) is 0 Å². The summed E-state index contributed by atoms with van der Waals surface area (Å²) in [5.74, 6) is 2.63. The quantitative estimate of drug-likeness (QED) is 0.856. The average molecular weight is 262 g/mol. The molecule has 0 radical (unpaired) electrons. The molecule has 0 amide bonds. The smallest absolute Gasteiger partial charge is 0.132 e. The standard InChI is InChI=1S/C15H26N4/c1-4-16-15-11-13(12-7-5-6-8-12)17-14(18-15)9-10-19(2)3/h11-12H,4-10H2,1-3H3,(H,16,17,18). The highest BCUT2D eigenvalue weighted by molar-refractivity contribution is 5.37. The number of aromatic nitrogens is 2. The van der Waals surface area contributed by atoms with Crippen molar-refractivity contribution in [3.8, 4) is 0 Å². The molecule has 1 aliphatic rings. The van der Waals surface area contributed by atoms with Gasteiger partial charge in [-0.3, -0.25) is 0 Å². The summed E-state index contributed by atoms with van der Waals surface area (Å²) in [5, 5.41) is 3.33. The van der Waals surface area contributed by atoms with Crippen molar-refractivity contribution in [2.75, 3.05) is 32.5 Å². The zero-order valence-electron chi connectivity index (χ0n) is 12.4. The molecular formula is C15H26N4. The Labute approximate surface area is 116 Å². The molecule has 1 N–H and O–H groups in total. The number of nitrogens with one attached hydrogen (secondary N) is 1. The molecule has 1 saturated carbocycles. The Morgan fingerprint density at radius 2 is 2.00 bits per heavy atom. The summed E-state index contributed by atoms with van der Waals surface area (Å²) in [6.45, 7) is 4.02. The third-order valence-electron chi connectivity index (χ3n) is 3.71. The van der Waals surface area contributed by atoms with Crippen LogP contribution in [-0.2, 0) is 6.42 Å². The van der Waals surface area contributed by atoms with Crippen LogP contribution in [0.25, 0.3) is 0 Å². The second kappa shape index (κ2) is 6.85. The Balaban J connectivity index is 2.16. The zero-order chi connectivity index (χ0) is 13.7. The lowest BCUT2D eigenvalue weighted by molar-refractivity contribution is 0.409. The molecule has 4 nitrogen and oxygen atoms in total. The topological polar surface area (TPSA) is 41.1 Å². The van der Waals surface area contributed by atoms with Crippen LogP contribution in [0.3, 0.4) is 0 Å². The maximum absolute atomic E-state index is 4.79. The predicted molar refractivity (Wildman–Crippen MR) is 79.7 cm³/mol. The molecule has 4 heteroatoms. The first-order chi connectivity index (χ1) is 9.19. The van der Waals surface area contributed by atoms with Gasteiger partial charge < -0.3 is 10.2 Å². The third kappa shape index (κ3) is 4.16. The summed E-state index contributed by atoms with van der Waals surface area (Å²) < 4.78 is 0. The maximum atomic E-state index is 4.79. The summed E-state index contributed by atoms with van der Waals surface area (Å²) in [5.41, 5.74) is 1.25. The van der Waals surface area contributed by atoms with E-state index in [1.165, 1.54) is 31.4 Å². The van der Waals surface area contributed by atoms with Gasteiger partial charge in [0.25, 0.3) is 0 Å². The van der Waals surface area contributed by atoms with Crippen LogP contribution >= 0.6 is 0 Å². The Morgan fingerprint density at radius 3 is 2.63 bits per heavy atom. The molecule has 1 aliphatic carbocycles. The fourth-order valence-electron chi connectivity index (χ4n) is 2.66. The van der Waals surface area contributed by atoms with E-state index in [0.717, 1.165) is 31.2 Å². The number of nitrogens with zero attached hydrogens (tertiary/aromatic N) is 3. The maximum Gasteiger partial charge on any atom is 0.132 e. The van der Waals surface area contributed by atoms with Crippen LogP contribution in [0, 0.1) is 0 Å². The molecule has 106 valence electrons. The minimum Gasteiger partial charge on any atom is -0.370 e. The molecule has 19 heavy (non-hydrogen) atoms. The Bertz CT molecular complexity index is 397.